The maximum Gasteiger partial charge on any atom is 0.0882 e. The molecule has 0 saturated heterocycles. The van der Waals surface area contributed by atoms with Crippen molar-refractivity contribution < 1.29 is 4.74 Å². The van der Waals surface area contributed by atoms with Crippen LogP contribution in [-0.4, -0.2) is 18.8 Å². The molecule has 0 spiro atoms. The molecule has 2 aliphatic rings. The van der Waals surface area contributed by atoms with E-state index in [0.29, 0.717) is 0 Å². The first-order valence-corrected chi connectivity index (χ1v) is 8.02. The Morgan fingerprint density at radius 2 is 1.79 bits per heavy atom. The molecular weight excluding hydrogens is 236 g/mol. The molecule has 3 N–H and O–H groups in total. The smallest absolute Gasteiger partial charge is 0.0882 e. The van der Waals surface area contributed by atoms with Gasteiger partial charge in [0.15, 0.2) is 0 Å². The van der Waals surface area contributed by atoms with Gasteiger partial charge in [-0.25, -0.2) is 0 Å². The zero-order valence-corrected chi connectivity index (χ0v) is 12.4. The lowest BCUT2D eigenvalue weighted by Gasteiger charge is -2.40. The fourth-order valence-electron chi connectivity index (χ4n) is 3.84. The van der Waals surface area contributed by atoms with Gasteiger partial charge in [0.1, 0.15) is 0 Å². The van der Waals surface area contributed by atoms with Crippen LogP contribution in [0.3, 0.4) is 0 Å². The monoisotopic (exact) mass is 266 g/mol. The van der Waals surface area contributed by atoms with E-state index in [9.17, 15) is 0 Å². The van der Waals surface area contributed by atoms with E-state index in [1.54, 1.807) is 0 Å². The van der Waals surface area contributed by atoms with Crippen LogP contribution in [0.2, 0.25) is 0 Å². The summed E-state index contributed by atoms with van der Waals surface area (Å²) in [7, 11) is 1.87. The van der Waals surface area contributed by atoms with Gasteiger partial charge < -0.3 is 4.74 Å². The number of rotatable bonds is 4. The molecule has 2 aliphatic carbocycles. The Morgan fingerprint density at radius 1 is 1.11 bits per heavy atom. The summed E-state index contributed by atoms with van der Waals surface area (Å²) in [5, 5.41) is 0. The Bertz CT molecular complexity index is 293. The van der Waals surface area contributed by atoms with Crippen LogP contribution in [0.15, 0.2) is 11.6 Å². The molecule has 0 aromatic heterocycles. The number of nitrogens with two attached hydrogens (primary N) is 1. The molecule has 0 aromatic carbocycles. The molecule has 0 aromatic rings. The first kappa shape index (κ1) is 15.0. The Morgan fingerprint density at radius 3 is 2.42 bits per heavy atom. The summed E-state index contributed by atoms with van der Waals surface area (Å²) in [6, 6.07) is 0.202. The second-order valence-electron chi connectivity index (χ2n) is 6.16. The van der Waals surface area contributed by atoms with Gasteiger partial charge in [-0.15, -0.1) is 0 Å². The number of nitrogens with one attached hydrogen (secondary N) is 1. The summed E-state index contributed by atoms with van der Waals surface area (Å²) >= 11 is 0. The van der Waals surface area contributed by atoms with Gasteiger partial charge in [-0.2, -0.15) is 0 Å². The van der Waals surface area contributed by atoms with E-state index in [-0.39, 0.29) is 11.6 Å². The molecule has 2 rings (SSSR count). The third kappa shape index (κ3) is 3.59. The first-order valence-electron chi connectivity index (χ1n) is 8.02. The molecule has 1 saturated carbocycles. The third-order valence-electron chi connectivity index (χ3n) is 5.00. The fraction of sp³-hybridized carbons (Fsp3) is 0.875. The molecular formula is C16H30N2O. The minimum absolute atomic E-state index is 0.0819. The van der Waals surface area contributed by atoms with Crippen molar-refractivity contribution in [2.75, 3.05) is 7.11 Å². The van der Waals surface area contributed by atoms with Crippen LogP contribution in [0.25, 0.3) is 0 Å². The van der Waals surface area contributed by atoms with Crippen LogP contribution >= 0.6 is 0 Å². The largest absolute Gasteiger partial charge is 0.376 e. The van der Waals surface area contributed by atoms with Crippen molar-refractivity contribution >= 4 is 0 Å². The van der Waals surface area contributed by atoms with Gasteiger partial charge in [-0.05, 0) is 38.5 Å². The number of hydrogen-bond donors (Lipinski definition) is 2. The van der Waals surface area contributed by atoms with Crippen molar-refractivity contribution in [3.05, 3.63) is 11.6 Å². The van der Waals surface area contributed by atoms with E-state index in [2.05, 4.69) is 11.5 Å². The molecule has 0 heterocycles. The SMILES string of the molecule is COC1(C(NN)C2=CCCCCC2)CCCCCC1. The number of hydrazine groups is 1. The summed E-state index contributed by atoms with van der Waals surface area (Å²) in [4.78, 5) is 0. The Hall–Kier alpha value is -0.380. The van der Waals surface area contributed by atoms with E-state index < -0.39 is 0 Å². The molecule has 0 radical (unpaired) electrons. The second-order valence-corrected chi connectivity index (χ2v) is 6.16. The second kappa shape index (κ2) is 7.41. The van der Waals surface area contributed by atoms with E-state index in [1.165, 1.54) is 63.4 Å². The first-order chi connectivity index (χ1) is 9.32. The molecule has 1 fully saturated rings. The van der Waals surface area contributed by atoms with Crippen molar-refractivity contribution in [1.29, 1.82) is 0 Å². The summed E-state index contributed by atoms with van der Waals surface area (Å²) < 4.78 is 6.02. The topological polar surface area (TPSA) is 47.3 Å². The summed E-state index contributed by atoms with van der Waals surface area (Å²) in [5.41, 5.74) is 4.50. The standard InChI is InChI=1S/C16H30N2O/c1-19-16(12-8-4-5-9-13-16)15(18-17)14-10-6-2-3-7-11-14/h10,15,18H,2-9,11-13,17H2,1H3. The lowest BCUT2D eigenvalue weighted by atomic mass is 9.81. The molecule has 0 amide bonds. The normalized spacial score (nSPS) is 26.1. The average molecular weight is 266 g/mol. The number of methoxy groups -OCH3 is 1. The summed E-state index contributed by atoms with van der Waals surface area (Å²) in [6.07, 6.45) is 16.2. The van der Waals surface area contributed by atoms with Gasteiger partial charge in [0.2, 0.25) is 0 Å². The number of ether oxygens (including phenoxy) is 1. The predicted molar refractivity (Wildman–Crippen MR) is 79.7 cm³/mol. The third-order valence-corrected chi connectivity index (χ3v) is 5.00. The minimum Gasteiger partial charge on any atom is -0.376 e. The number of hydrogen-bond acceptors (Lipinski definition) is 3. The van der Waals surface area contributed by atoms with E-state index in [0.717, 1.165) is 12.8 Å². The van der Waals surface area contributed by atoms with E-state index in [1.807, 2.05) is 7.11 Å². The molecule has 110 valence electrons. The Balaban J connectivity index is 2.18. The molecule has 1 atom stereocenters. The molecule has 3 nitrogen and oxygen atoms in total. The molecule has 0 aliphatic heterocycles. The zero-order valence-electron chi connectivity index (χ0n) is 12.4. The summed E-state index contributed by atoms with van der Waals surface area (Å²) in [6.45, 7) is 0. The number of allylic oxidation sites excluding steroid dienone is 1. The van der Waals surface area contributed by atoms with E-state index >= 15 is 0 Å². The van der Waals surface area contributed by atoms with Crippen molar-refractivity contribution in [1.82, 2.24) is 5.43 Å². The van der Waals surface area contributed by atoms with Crippen LogP contribution in [0.1, 0.15) is 70.6 Å². The van der Waals surface area contributed by atoms with Crippen LogP contribution in [-0.2, 0) is 4.74 Å². The van der Waals surface area contributed by atoms with Crippen molar-refractivity contribution in [3.63, 3.8) is 0 Å². The molecule has 1 unspecified atom stereocenters. The average Bonchev–Trinajstić information content (AvgIpc) is 2.83. The van der Waals surface area contributed by atoms with Crippen LogP contribution < -0.4 is 11.3 Å². The Labute approximate surface area is 117 Å². The summed E-state index contributed by atoms with van der Waals surface area (Å²) in [5.74, 6) is 5.93. The van der Waals surface area contributed by atoms with Gasteiger partial charge >= 0.3 is 0 Å². The van der Waals surface area contributed by atoms with Gasteiger partial charge in [0.25, 0.3) is 0 Å². The minimum atomic E-state index is -0.0819. The molecule has 19 heavy (non-hydrogen) atoms. The highest BCUT2D eigenvalue weighted by molar-refractivity contribution is 5.18. The predicted octanol–water partition coefficient (Wildman–Crippen LogP) is 3.45. The van der Waals surface area contributed by atoms with Crippen LogP contribution in [0.5, 0.6) is 0 Å². The fourth-order valence-corrected chi connectivity index (χ4v) is 3.84. The maximum atomic E-state index is 6.02. The van der Waals surface area contributed by atoms with Gasteiger partial charge in [0, 0.05) is 7.11 Å². The van der Waals surface area contributed by atoms with E-state index in [4.69, 9.17) is 10.6 Å². The molecule has 3 heteroatoms. The lowest BCUT2D eigenvalue weighted by Crippen LogP contribution is -2.55. The highest BCUT2D eigenvalue weighted by Gasteiger charge is 2.40. The quantitative estimate of drug-likeness (QED) is 0.354. The van der Waals surface area contributed by atoms with Crippen molar-refractivity contribution in [3.8, 4) is 0 Å². The van der Waals surface area contributed by atoms with Crippen molar-refractivity contribution in [2.24, 2.45) is 5.84 Å². The highest BCUT2D eigenvalue weighted by Crippen LogP contribution is 2.37. The Kier molecular flexibility index (Phi) is 5.86. The van der Waals surface area contributed by atoms with Gasteiger partial charge in [0.05, 0.1) is 11.6 Å². The highest BCUT2D eigenvalue weighted by atomic mass is 16.5. The van der Waals surface area contributed by atoms with Gasteiger partial charge in [-0.3, -0.25) is 11.3 Å². The van der Waals surface area contributed by atoms with Gasteiger partial charge in [-0.1, -0.05) is 43.8 Å². The zero-order chi connectivity index (χ0) is 13.6. The van der Waals surface area contributed by atoms with Crippen LogP contribution in [0, 0.1) is 0 Å². The lowest BCUT2D eigenvalue weighted by molar-refractivity contribution is -0.0442. The maximum absolute atomic E-state index is 6.02. The molecule has 0 bridgehead atoms. The van der Waals surface area contributed by atoms with Crippen molar-refractivity contribution in [2.45, 2.75) is 82.3 Å². The van der Waals surface area contributed by atoms with Crippen LogP contribution in [0.4, 0.5) is 0 Å².